The van der Waals surface area contributed by atoms with Gasteiger partial charge in [0.1, 0.15) is 10.1 Å². The van der Waals surface area contributed by atoms with Crippen molar-refractivity contribution in [2.75, 3.05) is 0 Å². The topological polar surface area (TPSA) is 38.9 Å². The zero-order valence-corrected chi connectivity index (χ0v) is 6.50. The molecule has 0 saturated heterocycles. The van der Waals surface area contributed by atoms with Gasteiger partial charge in [0.15, 0.2) is 12.0 Å². The first-order valence-corrected chi connectivity index (χ1v) is 3.50. The van der Waals surface area contributed by atoms with Crippen LogP contribution in [-0.2, 0) is 0 Å². The van der Waals surface area contributed by atoms with Crippen LogP contribution < -0.4 is 0 Å². The smallest absolute Gasteiger partial charge is 0.182 e. The third-order valence-electron chi connectivity index (χ3n) is 1.18. The quantitative estimate of drug-likeness (QED) is 0.609. The Bertz CT molecular complexity index is 357. The molecule has 2 rings (SSSR count). The summed E-state index contributed by atoms with van der Waals surface area (Å²) in [5, 5.41) is 0. The second kappa shape index (κ2) is 2.05. The van der Waals surface area contributed by atoms with Crippen LogP contribution in [0.25, 0.3) is 11.1 Å². The van der Waals surface area contributed by atoms with E-state index in [0.717, 1.165) is 15.7 Å². The van der Waals surface area contributed by atoms with Crippen LogP contribution in [0.1, 0.15) is 0 Å². The summed E-state index contributed by atoms with van der Waals surface area (Å²) in [6, 6.07) is 1.78. The van der Waals surface area contributed by atoms with E-state index in [1.165, 1.54) is 6.39 Å². The molecule has 3 nitrogen and oxygen atoms in total. The largest absolute Gasteiger partial charge is 0.443 e. The standard InChI is InChI=1S/C6H3BrN2O/c7-6-1-5-4(2-8-6)9-3-10-5/h1-3H. The molecule has 2 aromatic heterocycles. The van der Waals surface area contributed by atoms with Gasteiger partial charge in [-0.2, -0.15) is 0 Å². The van der Waals surface area contributed by atoms with Gasteiger partial charge in [-0.1, -0.05) is 0 Å². The average Bonchev–Trinajstić information content (AvgIpc) is 2.33. The molecule has 0 bridgehead atoms. The third kappa shape index (κ3) is 0.806. The van der Waals surface area contributed by atoms with Crippen LogP contribution in [0.4, 0.5) is 0 Å². The van der Waals surface area contributed by atoms with Crippen molar-refractivity contribution >= 4 is 27.0 Å². The summed E-state index contributed by atoms with van der Waals surface area (Å²) in [5.41, 5.74) is 1.53. The molecule has 0 N–H and O–H groups in total. The first-order chi connectivity index (χ1) is 4.86. The number of hydrogen-bond donors (Lipinski definition) is 0. The predicted octanol–water partition coefficient (Wildman–Crippen LogP) is 1.99. The highest BCUT2D eigenvalue weighted by molar-refractivity contribution is 9.10. The van der Waals surface area contributed by atoms with Gasteiger partial charge in [0.05, 0.1) is 6.20 Å². The summed E-state index contributed by atoms with van der Waals surface area (Å²) in [6.07, 6.45) is 3.06. The molecule has 0 fully saturated rings. The van der Waals surface area contributed by atoms with E-state index in [0.29, 0.717) is 0 Å². The highest BCUT2D eigenvalue weighted by Crippen LogP contribution is 2.14. The van der Waals surface area contributed by atoms with Gasteiger partial charge in [0.25, 0.3) is 0 Å². The number of halogens is 1. The van der Waals surface area contributed by atoms with Gasteiger partial charge < -0.3 is 4.42 Å². The molecule has 0 unspecified atom stereocenters. The fourth-order valence-electron chi connectivity index (χ4n) is 0.737. The number of oxazole rings is 1. The van der Waals surface area contributed by atoms with Gasteiger partial charge in [0.2, 0.25) is 0 Å². The molecule has 2 heterocycles. The van der Waals surface area contributed by atoms with Gasteiger partial charge in [-0.05, 0) is 15.9 Å². The third-order valence-corrected chi connectivity index (χ3v) is 1.62. The molecular formula is C6H3BrN2O. The Labute approximate surface area is 65.2 Å². The van der Waals surface area contributed by atoms with E-state index < -0.39 is 0 Å². The predicted molar refractivity (Wildman–Crippen MR) is 39.5 cm³/mol. The summed E-state index contributed by atoms with van der Waals surface area (Å²) in [6.45, 7) is 0. The first-order valence-electron chi connectivity index (χ1n) is 2.71. The van der Waals surface area contributed by atoms with Crippen molar-refractivity contribution in [1.82, 2.24) is 9.97 Å². The summed E-state index contributed by atoms with van der Waals surface area (Å²) in [5.74, 6) is 0. The average molecular weight is 199 g/mol. The van der Waals surface area contributed by atoms with Gasteiger partial charge in [-0.25, -0.2) is 9.97 Å². The van der Waals surface area contributed by atoms with Crippen LogP contribution in [0.15, 0.2) is 27.7 Å². The normalized spacial score (nSPS) is 10.5. The highest BCUT2D eigenvalue weighted by Gasteiger charge is 1.97. The molecule has 0 aliphatic carbocycles. The molecular weight excluding hydrogens is 196 g/mol. The lowest BCUT2D eigenvalue weighted by atomic mass is 10.4. The summed E-state index contributed by atoms with van der Waals surface area (Å²) >= 11 is 3.22. The van der Waals surface area contributed by atoms with E-state index in [-0.39, 0.29) is 0 Å². The molecule has 0 aliphatic rings. The summed E-state index contributed by atoms with van der Waals surface area (Å²) in [4.78, 5) is 7.88. The molecule has 0 aromatic carbocycles. The van der Waals surface area contributed by atoms with E-state index in [1.54, 1.807) is 12.3 Å². The van der Waals surface area contributed by atoms with Crippen molar-refractivity contribution in [3.05, 3.63) is 23.3 Å². The molecule has 4 heteroatoms. The van der Waals surface area contributed by atoms with Gasteiger partial charge in [0, 0.05) is 6.07 Å². The molecule has 0 amide bonds. The number of hydrogen-bond acceptors (Lipinski definition) is 3. The lowest BCUT2D eigenvalue weighted by Gasteiger charge is -1.85. The summed E-state index contributed by atoms with van der Waals surface area (Å²) in [7, 11) is 0. The van der Waals surface area contributed by atoms with Crippen LogP contribution in [-0.4, -0.2) is 9.97 Å². The fraction of sp³-hybridized carbons (Fsp3) is 0. The Balaban J connectivity index is 2.86. The number of rotatable bonds is 0. The monoisotopic (exact) mass is 198 g/mol. The Morgan fingerprint density at radius 1 is 1.40 bits per heavy atom. The molecule has 0 spiro atoms. The molecule has 0 aliphatic heterocycles. The van der Waals surface area contributed by atoms with E-state index in [2.05, 4.69) is 25.9 Å². The highest BCUT2D eigenvalue weighted by atomic mass is 79.9. The maximum atomic E-state index is 5.02. The Kier molecular flexibility index (Phi) is 1.20. The minimum Gasteiger partial charge on any atom is -0.443 e. The second-order valence-corrected chi connectivity index (χ2v) is 2.64. The van der Waals surface area contributed by atoms with Crippen LogP contribution in [0, 0.1) is 0 Å². The Hall–Kier alpha value is -0.900. The molecule has 0 saturated carbocycles. The fourth-order valence-corrected chi connectivity index (χ4v) is 1.05. The molecule has 0 radical (unpaired) electrons. The van der Waals surface area contributed by atoms with Crippen molar-refractivity contribution in [3.8, 4) is 0 Å². The Morgan fingerprint density at radius 3 is 3.20 bits per heavy atom. The number of fused-ring (bicyclic) bond motifs is 1. The maximum absolute atomic E-state index is 5.02. The number of nitrogens with zero attached hydrogens (tertiary/aromatic N) is 2. The van der Waals surface area contributed by atoms with Gasteiger partial charge in [-0.15, -0.1) is 0 Å². The molecule has 2 aromatic rings. The van der Waals surface area contributed by atoms with E-state index >= 15 is 0 Å². The zero-order valence-electron chi connectivity index (χ0n) is 4.91. The zero-order chi connectivity index (χ0) is 6.97. The second-order valence-electron chi connectivity index (χ2n) is 1.83. The van der Waals surface area contributed by atoms with Crippen molar-refractivity contribution in [1.29, 1.82) is 0 Å². The first kappa shape index (κ1) is 5.85. The Morgan fingerprint density at radius 2 is 2.30 bits per heavy atom. The SMILES string of the molecule is Brc1cc2ocnc2cn1. The maximum Gasteiger partial charge on any atom is 0.182 e. The summed E-state index contributed by atoms with van der Waals surface area (Å²) < 4.78 is 5.78. The van der Waals surface area contributed by atoms with Crippen LogP contribution in [0.2, 0.25) is 0 Å². The molecule has 0 atom stereocenters. The van der Waals surface area contributed by atoms with Crippen LogP contribution in [0.3, 0.4) is 0 Å². The van der Waals surface area contributed by atoms with Crippen molar-refractivity contribution < 1.29 is 4.42 Å². The molecule has 10 heavy (non-hydrogen) atoms. The van der Waals surface area contributed by atoms with Crippen molar-refractivity contribution in [2.24, 2.45) is 0 Å². The van der Waals surface area contributed by atoms with Crippen LogP contribution >= 0.6 is 15.9 Å². The van der Waals surface area contributed by atoms with Crippen molar-refractivity contribution in [3.63, 3.8) is 0 Å². The number of pyridine rings is 1. The molecule has 50 valence electrons. The lowest BCUT2D eigenvalue weighted by molar-refractivity contribution is 0.601. The van der Waals surface area contributed by atoms with Gasteiger partial charge >= 0.3 is 0 Å². The van der Waals surface area contributed by atoms with E-state index in [4.69, 9.17) is 4.42 Å². The van der Waals surface area contributed by atoms with Gasteiger partial charge in [-0.3, -0.25) is 0 Å². The van der Waals surface area contributed by atoms with Crippen LogP contribution in [0.5, 0.6) is 0 Å². The van der Waals surface area contributed by atoms with E-state index in [1.807, 2.05) is 0 Å². The lowest BCUT2D eigenvalue weighted by Crippen LogP contribution is -1.73. The minimum absolute atomic E-state index is 0.752. The van der Waals surface area contributed by atoms with E-state index in [9.17, 15) is 0 Å². The minimum atomic E-state index is 0.752. The van der Waals surface area contributed by atoms with Crippen molar-refractivity contribution in [2.45, 2.75) is 0 Å². The number of aromatic nitrogens is 2.